The molecule has 0 aromatic heterocycles. The number of nitrogens with one attached hydrogen (secondary N) is 1. The van der Waals surface area contributed by atoms with Gasteiger partial charge < -0.3 is 11.1 Å². The molecule has 1 aromatic rings. The maximum atomic E-state index is 5.68. The van der Waals surface area contributed by atoms with Gasteiger partial charge in [-0.1, -0.05) is 6.92 Å². The van der Waals surface area contributed by atoms with Gasteiger partial charge in [0.2, 0.25) is 0 Å². The Balaban J connectivity index is 2.73. The molecule has 1 rings (SSSR count). The summed E-state index contributed by atoms with van der Waals surface area (Å²) in [6.45, 7) is 4.31. The lowest BCUT2D eigenvalue weighted by Gasteiger charge is -2.13. The van der Waals surface area contributed by atoms with Crippen LogP contribution in [0.15, 0.2) is 22.7 Å². The second-order valence-electron chi connectivity index (χ2n) is 3.19. The van der Waals surface area contributed by atoms with Crippen LogP contribution in [0.25, 0.3) is 0 Å². The molecule has 0 saturated carbocycles. The van der Waals surface area contributed by atoms with Gasteiger partial charge in [-0.3, -0.25) is 0 Å². The van der Waals surface area contributed by atoms with Gasteiger partial charge in [-0.05, 0) is 47.5 Å². The van der Waals surface area contributed by atoms with Gasteiger partial charge in [-0.2, -0.15) is 0 Å². The molecule has 0 aliphatic rings. The number of nitrogen functional groups attached to an aromatic ring is 1. The lowest BCUT2D eigenvalue weighted by atomic mass is 10.2. The molecule has 0 saturated heterocycles. The summed E-state index contributed by atoms with van der Waals surface area (Å²) >= 11 is 3.39. The molecular formula is C10H15BrN2. The van der Waals surface area contributed by atoms with Crippen LogP contribution in [-0.2, 0) is 0 Å². The molecule has 0 aliphatic heterocycles. The van der Waals surface area contributed by atoms with Gasteiger partial charge in [0.05, 0.1) is 0 Å². The summed E-state index contributed by atoms with van der Waals surface area (Å²) in [6, 6.07) is 6.39. The van der Waals surface area contributed by atoms with E-state index in [4.69, 9.17) is 5.73 Å². The molecule has 0 radical (unpaired) electrons. The van der Waals surface area contributed by atoms with Crippen LogP contribution in [0.2, 0.25) is 0 Å². The first-order valence-electron chi connectivity index (χ1n) is 4.45. The zero-order valence-corrected chi connectivity index (χ0v) is 9.56. The number of nitrogens with two attached hydrogens (primary N) is 1. The lowest BCUT2D eigenvalue weighted by Crippen LogP contribution is -2.13. The standard InChI is InChI=1S/C10H15BrN2/c1-3-7(2)13-8-4-5-10(12)9(11)6-8/h4-7,13H,3,12H2,1-2H3. The van der Waals surface area contributed by atoms with Gasteiger partial charge >= 0.3 is 0 Å². The summed E-state index contributed by atoms with van der Waals surface area (Å²) in [4.78, 5) is 0. The van der Waals surface area contributed by atoms with Crippen molar-refractivity contribution in [3.8, 4) is 0 Å². The van der Waals surface area contributed by atoms with Crippen molar-refractivity contribution in [1.82, 2.24) is 0 Å². The number of hydrogen-bond acceptors (Lipinski definition) is 2. The van der Waals surface area contributed by atoms with E-state index in [-0.39, 0.29) is 0 Å². The van der Waals surface area contributed by atoms with Crippen LogP contribution >= 0.6 is 15.9 Å². The van der Waals surface area contributed by atoms with Crippen molar-refractivity contribution in [3.63, 3.8) is 0 Å². The van der Waals surface area contributed by atoms with Crippen molar-refractivity contribution in [3.05, 3.63) is 22.7 Å². The minimum absolute atomic E-state index is 0.496. The Bertz CT molecular complexity index is 286. The van der Waals surface area contributed by atoms with Crippen molar-refractivity contribution in [2.45, 2.75) is 26.3 Å². The Hall–Kier alpha value is -0.700. The predicted octanol–water partition coefficient (Wildman–Crippen LogP) is 3.24. The summed E-state index contributed by atoms with van der Waals surface area (Å²) in [5, 5.41) is 3.37. The van der Waals surface area contributed by atoms with Crippen molar-refractivity contribution in [2.24, 2.45) is 0 Å². The summed E-state index contributed by atoms with van der Waals surface area (Å²) < 4.78 is 0.945. The van der Waals surface area contributed by atoms with Crippen LogP contribution in [0.5, 0.6) is 0 Å². The first kappa shape index (κ1) is 10.4. The molecule has 0 amide bonds. The molecular weight excluding hydrogens is 228 g/mol. The number of rotatable bonds is 3. The molecule has 72 valence electrons. The van der Waals surface area contributed by atoms with Crippen LogP contribution in [-0.4, -0.2) is 6.04 Å². The molecule has 0 fully saturated rings. The molecule has 3 heteroatoms. The quantitative estimate of drug-likeness (QED) is 0.800. The third kappa shape index (κ3) is 2.92. The molecule has 0 aliphatic carbocycles. The third-order valence-electron chi connectivity index (χ3n) is 2.03. The number of halogens is 1. The maximum Gasteiger partial charge on any atom is 0.0460 e. The molecule has 0 heterocycles. The van der Waals surface area contributed by atoms with Gasteiger partial charge in [-0.15, -0.1) is 0 Å². The Kier molecular flexibility index (Phi) is 3.60. The van der Waals surface area contributed by atoms with E-state index in [0.717, 1.165) is 22.3 Å². The highest BCUT2D eigenvalue weighted by Gasteiger charge is 2.00. The van der Waals surface area contributed by atoms with E-state index in [1.54, 1.807) is 0 Å². The Morgan fingerprint density at radius 3 is 2.77 bits per heavy atom. The van der Waals surface area contributed by atoms with E-state index in [1.165, 1.54) is 0 Å². The van der Waals surface area contributed by atoms with Crippen molar-refractivity contribution in [1.29, 1.82) is 0 Å². The summed E-state index contributed by atoms with van der Waals surface area (Å²) in [7, 11) is 0. The fraction of sp³-hybridized carbons (Fsp3) is 0.400. The van der Waals surface area contributed by atoms with Gasteiger partial charge in [-0.25, -0.2) is 0 Å². The lowest BCUT2D eigenvalue weighted by molar-refractivity contribution is 0.764. The topological polar surface area (TPSA) is 38.0 Å². The molecule has 1 aromatic carbocycles. The van der Waals surface area contributed by atoms with Gasteiger partial charge in [0.25, 0.3) is 0 Å². The number of benzene rings is 1. The normalized spacial score (nSPS) is 12.5. The largest absolute Gasteiger partial charge is 0.398 e. The maximum absolute atomic E-state index is 5.68. The second kappa shape index (κ2) is 4.51. The zero-order valence-electron chi connectivity index (χ0n) is 7.97. The predicted molar refractivity (Wildman–Crippen MR) is 61.9 cm³/mol. The molecule has 13 heavy (non-hydrogen) atoms. The minimum atomic E-state index is 0.496. The van der Waals surface area contributed by atoms with Gasteiger partial charge in [0.15, 0.2) is 0 Å². The molecule has 0 spiro atoms. The van der Waals surface area contributed by atoms with Crippen LogP contribution in [0.1, 0.15) is 20.3 Å². The van der Waals surface area contributed by atoms with Crippen LogP contribution in [0.4, 0.5) is 11.4 Å². The van der Waals surface area contributed by atoms with Gasteiger partial charge in [0, 0.05) is 21.9 Å². The zero-order chi connectivity index (χ0) is 9.84. The van der Waals surface area contributed by atoms with Crippen LogP contribution in [0, 0.1) is 0 Å². The van der Waals surface area contributed by atoms with Crippen molar-refractivity contribution < 1.29 is 0 Å². The highest BCUT2D eigenvalue weighted by molar-refractivity contribution is 9.10. The van der Waals surface area contributed by atoms with Crippen LogP contribution < -0.4 is 11.1 Å². The Labute approximate surface area is 87.6 Å². The smallest absolute Gasteiger partial charge is 0.0460 e. The summed E-state index contributed by atoms with van der Waals surface area (Å²) in [6.07, 6.45) is 1.11. The van der Waals surface area contributed by atoms with E-state index in [9.17, 15) is 0 Å². The number of hydrogen-bond donors (Lipinski definition) is 2. The van der Waals surface area contributed by atoms with E-state index in [0.29, 0.717) is 6.04 Å². The van der Waals surface area contributed by atoms with E-state index in [1.807, 2.05) is 18.2 Å². The average molecular weight is 243 g/mol. The van der Waals surface area contributed by atoms with E-state index in [2.05, 4.69) is 35.1 Å². The fourth-order valence-corrected chi connectivity index (χ4v) is 1.38. The first-order valence-corrected chi connectivity index (χ1v) is 5.24. The second-order valence-corrected chi connectivity index (χ2v) is 4.04. The average Bonchev–Trinajstić information content (AvgIpc) is 2.11. The molecule has 2 nitrogen and oxygen atoms in total. The minimum Gasteiger partial charge on any atom is -0.398 e. The number of anilines is 2. The van der Waals surface area contributed by atoms with Crippen molar-refractivity contribution in [2.75, 3.05) is 11.1 Å². The highest BCUT2D eigenvalue weighted by Crippen LogP contribution is 2.23. The highest BCUT2D eigenvalue weighted by atomic mass is 79.9. The third-order valence-corrected chi connectivity index (χ3v) is 2.71. The first-order chi connectivity index (χ1) is 6.13. The van der Waals surface area contributed by atoms with E-state index < -0.39 is 0 Å². The van der Waals surface area contributed by atoms with Gasteiger partial charge in [0.1, 0.15) is 0 Å². The van der Waals surface area contributed by atoms with E-state index >= 15 is 0 Å². The Morgan fingerprint density at radius 2 is 2.23 bits per heavy atom. The Morgan fingerprint density at radius 1 is 1.54 bits per heavy atom. The monoisotopic (exact) mass is 242 g/mol. The molecule has 1 atom stereocenters. The molecule has 1 unspecified atom stereocenters. The molecule has 3 N–H and O–H groups in total. The summed E-state index contributed by atoms with van der Waals surface area (Å²) in [5.41, 5.74) is 7.56. The van der Waals surface area contributed by atoms with Crippen LogP contribution in [0.3, 0.4) is 0 Å². The fourth-order valence-electron chi connectivity index (χ4n) is 1.00. The summed E-state index contributed by atoms with van der Waals surface area (Å²) in [5.74, 6) is 0. The molecule has 0 bridgehead atoms. The van der Waals surface area contributed by atoms with Crippen molar-refractivity contribution >= 4 is 27.3 Å². The SMILES string of the molecule is CCC(C)Nc1ccc(N)c(Br)c1.